The normalized spacial score (nSPS) is 14.4. The lowest BCUT2D eigenvalue weighted by molar-refractivity contribution is -0.119. The molecule has 29 heavy (non-hydrogen) atoms. The van der Waals surface area contributed by atoms with Gasteiger partial charge in [0.1, 0.15) is 22.7 Å². The zero-order valence-corrected chi connectivity index (χ0v) is 19.2. The molecule has 1 aromatic rings. The number of carbonyl (C=O) groups excluding carboxylic acids is 2. The van der Waals surface area contributed by atoms with Crippen LogP contribution in [0.1, 0.15) is 70.4 Å². The van der Waals surface area contributed by atoms with E-state index in [9.17, 15) is 14.9 Å². The van der Waals surface area contributed by atoms with Crippen molar-refractivity contribution in [1.29, 1.82) is 5.26 Å². The molecule has 0 aromatic carbocycles. The number of nitrogens with two attached hydrogens (primary N) is 1. The van der Waals surface area contributed by atoms with Crippen molar-refractivity contribution in [2.75, 3.05) is 18.0 Å². The van der Waals surface area contributed by atoms with E-state index in [0.29, 0.717) is 0 Å². The van der Waals surface area contributed by atoms with Crippen molar-refractivity contribution in [3.8, 4) is 6.07 Å². The third-order valence-corrected chi connectivity index (χ3v) is 5.85. The number of primary amides is 1. The molecule has 3 N–H and O–H groups in total. The highest BCUT2D eigenvalue weighted by molar-refractivity contribution is 7.16. The molecule has 1 saturated heterocycles. The van der Waals surface area contributed by atoms with Gasteiger partial charge in [-0.15, -0.1) is 11.3 Å². The van der Waals surface area contributed by atoms with Gasteiger partial charge in [-0.2, -0.15) is 5.26 Å². The Labute approximate surface area is 178 Å². The fourth-order valence-electron chi connectivity index (χ4n) is 2.97. The average Bonchev–Trinajstić information content (AvgIpc) is 3.26. The van der Waals surface area contributed by atoms with E-state index in [-0.39, 0.29) is 0 Å². The van der Waals surface area contributed by atoms with Crippen molar-refractivity contribution in [3.05, 3.63) is 16.0 Å². The average molecular weight is 423 g/mol. The van der Waals surface area contributed by atoms with E-state index < -0.39 is 23.6 Å². The maximum atomic E-state index is 11.0. The van der Waals surface area contributed by atoms with Gasteiger partial charge in [-0.25, -0.2) is 4.79 Å². The van der Waals surface area contributed by atoms with Gasteiger partial charge in [0.15, 0.2) is 0 Å². The van der Waals surface area contributed by atoms with Crippen LogP contribution >= 0.6 is 11.3 Å². The van der Waals surface area contributed by atoms with Gasteiger partial charge in [-0.3, -0.25) is 4.79 Å². The summed E-state index contributed by atoms with van der Waals surface area (Å²) in [4.78, 5) is 25.4. The third-order valence-electron chi connectivity index (χ3n) is 4.41. The molecule has 1 unspecified atom stereocenters. The monoisotopic (exact) mass is 422 g/mol. The lowest BCUT2D eigenvalue weighted by Gasteiger charge is -2.20. The molecular weight excluding hydrogens is 388 g/mol. The molecule has 0 aliphatic carbocycles. The van der Waals surface area contributed by atoms with Crippen LogP contribution in [0.4, 0.5) is 9.80 Å². The molecule has 1 atom stereocenters. The van der Waals surface area contributed by atoms with Crippen LogP contribution in [0, 0.1) is 11.3 Å². The van der Waals surface area contributed by atoms with Crippen LogP contribution in [0.15, 0.2) is 0 Å². The van der Waals surface area contributed by atoms with Crippen LogP contribution in [0.3, 0.4) is 0 Å². The molecule has 2 amide bonds. The number of ether oxygens (including phenoxy) is 1. The molecule has 8 heteroatoms. The number of aryl methyl sites for hydroxylation is 1. The fourth-order valence-corrected chi connectivity index (χ4v) is 4.30. The first kappa shape index (κ1) is 24.8. The fraction of sp³-hybridized carbons (Fsp3) is 0.667. The van der Waals surface area contributed by atoms with Gasteiger partial charge in [0.05, 0.1) is 5.56 Å². The number of anilines is 1. The number of amides is 2. The number of thiophene rings is 1. The first-order valence-electron chi connectivity index (χ1n) is 10.1. The van der Waals surface area contributed by atoms with Gasteiger partial charge in [0, 0.05) is 18.0 Å². The Morgan fingerprint density at radius 2 is 1.86 bits per heavy atom. The van der Waals surface area contributed by atoms with E-state index in [2.05, 4.69) is 30.1 Å². The van der Waals surface area contributed by atoms with E-state index >= 15 is 0 Å². The predicted octanol–water partition coefficient (Wildman–Crippen LogP) is 3.73. The Kier molecular flexibility index (Phi) is 9.44. The SMILES string of the molecule is CC(NC(=O)OC(C)(C)C)C(N)=O.CCc1sc(N2CCCC2)c(C#N)c1CC. The number of nitrogens with one attached hydrogen (secondary N) is 1. The summed E-state index contributed by atoms with van der Waals surface area (Å²) in [6.07, 6.45) is 3.93. The van der Waals surface area contributed by atoms with Crippen molar-refractivity contribution in [1.82, 2.24) is 5.32 Å². The number of nitriles is 1. The number of hydrogen-bond donors (Lipinski definition) is 2. The Morgan fingerprint density at radius 1 is 1.28 bits per heavy atom. The molecule has 1 aliphatic rings. The highest BCUT2D eigenvalue weighted by Gasteiger charge is 2.22. The van der Waals surface area contributed by atoms with E-state index in [1.165, 1.54) is 35.2 Å². The Bertz CT molecular complexity index is 740. The summed E-state index contributed by atoms with van der Waals surface area (Å²) in [6.45, 7) is 13.3. The number of alkyl carbamates (subject to hydrolysis) is 1. The summed E-state index contributed by atoms with van der Waals surface area (Å²) in [6, 6.07) is 1.70. The molecule has 1 aliphatic heterocycles. The van der Waals surface area contributed by atoms with Crippen LogP contribution in [0.2, 0.25) is 0 Å². The van der Waals surface area contributed by atoms with Crippen molar-refractivity contribution in [3.63, 3.8) is 0 Å². The Balaban J connectivity index is 0.000000298. The molecule has 0 radical (unpaired) electrons. The molecule has 7 nitrogen and oxygen atoms in total. The number of nitrogens with zero attached hydrogens (tertiary/aromatic N) is 2. The van der Waals surface area contributed by atoms with E-state index in [4.69, 9.17) is 10.5 Å². The van der Waals surface area contributed by atoms with Crippen LogP contribution < -0.4 is 16.0 Å². The molecule has 0 spiro atoms. The van der Waals surface area contributed by atoms with Crippen molar-refractivity contribution < 1.29 is 14.3 Å². The lowest BCUT2D eigenvalue weighted by atomic mass is 10.1. The summed E-state index contributed by atoms with van der Waals surface area (Å²) in [5.41, 5.74) is 6.61. The molecule has 0 bridgehead atoms. The first-order chi connectivity index (χ1) is 13.5. The molecular formula is C21H34N4O3S. The summed E-state index contributed by atoms with van der Waals surface area (Å²) in [5, 5.41) is 12.9. The Hall–Kier alpha value is -2.27. The minimum atomic E-state index is -0.713. The van der Waals surface area contributed by atoms with Crippen molar-refractivity contribution in [2.24, 2.45) is 5.73 Å². The van der Waals surface area contributed by atoms with Crippen LogP contribution in [0.5, 0.6) is 0 Å². The molecule has 2 rings (SSSR count). The predicted molar refractivity (Wildman–Crippen MR) is 117 cm³/mol. The molecule has 1 aromatic heterocycles. The highest BCUT2D eigenvalue weighted by Crippen LogP contribution is 2.37. The second kappa shape index (κ2) is 11.1. The second-order valence-corrected chi connectivity index (χ2v) is 9.05. The molecule has 162 valence electrons. The number of hydrogen-bond acceptors (Lipinski definition) is 6. The van der Waals surface area contributed by atoms with Gasteiger partial charge >= 0.3 is 6.09 Å². The highest BCUT2D eigenvalue weighted by atomic mass is 32.1. The number of carbonyl (C=O) groups is 2. The Morgan fingerprint density at radius 3 is 2.28 bits per heavy atom. The zero-order chi connectivity index (χ0) is 22.2. The smallest absolute Gasteiger partial charge is 0.408 e. The molecule has 2 heterocycles. The van der Waals surface area contributed by atoms with Gasteiger partial charge < -0.3 is 20.7 Å². The third kappa shape index (κ3) is 7.58. The lowest BCUT2D eigenvalue weighted by Crippen LogP contribution is -2.44. The van der Waals surface area contributed by atoms with Gasteiger partial charge in [-0.1, -0.05) is 13.8 Å². The van der Waals surface area contributed by atoms with Crippen molar-refractivity contribution >= 4 is 28.3 Å². The number of rotatable bonds is 5. The summed E-state index contributed by atoms with van der Waals surface area (Å²) < 4.78 is 4.90. The largest absolute Gasteiger partial charge is 0.444 e. The van der Waals surface area contributed by atoms with E-state index in [0.717, 1.165) is 31.5 Å². The first-order valence-corrected chi connectivity index (χ1v) is 10.9. The van der Waals surface area contributed by atoms with Gasteiger partial charge in [-0.05, 0) is 58.9 Å². The second-order valence-electron chi connectivity index (χ2n) is 7.97. The van der Waals surface area contributed by atoms with Gasteiger partial charge in [0.2, 0.25) is 5.91 Å². The minimum Gasteiger partial charge on any atom is -0.444 e. The maximum absolute atomic E-state index is 11.0. The molecule has 0 saturated carbocycles. The van der Waals surface area contributed by atoms with E-state index in [1.807, 2.05) is 11.3 Å². The summed E-state index contributed by atoms with van der Waals surface area (Å²) in [5.74, 6) is -0.592. The zero-order valence-electron chi connectivity index (χ0n) is 18.4. The van der Waals surface area contributed by atoms with E-state index in [1.54, 1.807) is 20.8 Å². The standard InChI is InChI=1S/C13H18N2S.C8H16N2O3/c1-3-10-11(9-14)13(16-12(10)4-2)15-7-5-6-8-15;1-5(6(9)11)10-7(12)13-8(2,3)4/h3-8H2,1-2H3;5H,1-4H3,(H2,9,11)(H,10,12). The van der Waals surface area contributed by atoms with Crippen LogP contribution in [0.25, 0.3) is 0 Å². The van der Waals surface area contributed by atoms with Crippen LogP contribution in [-0.2, 0) is 22.4 Å². The summed E-state index contributed by atoms with van der Waals surface area (Å²) in [7, 11) is 0. The minimum absolute atomic E-state index is 0.568. The molecule has 1 fully saturated rings. The summed E-state index contributed by atoms with van der Waals surface area (Å²) >= 11 is 1.84. The maximum Gasteiger partial charge on any atom is 0.408 e. The van der Waals surface area contributed by atoms with Crippen molar-refractivity contribution in [2.45, 2.75) is 78.9 Å². The topological polar surface area (TPSA) is 108 Å². The van der Waals surface area contributed by atoms with Crippen LogP contribution in [-0.4, -0.2) is 36.7 Å². The van der Waals surface area contributed by atoms with Gasteiger partial charge in [0.25, 0.3) is 0 Å². The quantitative estimate of drug-likeness (QED) is 0.751.